The van der Waals surface area contributed by atoms with Crippen LogP contribution in [0.2, 0.25) is 10.0 Å². The maximum atomic E-state index is 6.02. The molecular formula is C18H13Cl2P. The third-order valence-corrected chi connectivity index (χ3v) is 6.13. The van der Waals surface area contributed by atoms with Crippen LogP contribution in [0, 0.1) is 0 Å². The van der Waals surface area contributed by atoms with Crippen LogP contribution in [0.15, 0.2) is 78.9 Å². The van der Waals surface area contributed by atoms with Crippen LogP contribution in [0.3, 0.4) is 0 Å². The monoisotopic (exact) mass is 330 g/mol. The molecule has 3 heteroatoms. The van der Waals surface area contributed by atoms with E-state index in [0.717, 1.165) is 10.0 Å². The van der Waals surface area contributed by atoms with Gasteiger partial charge in [0.2, 0.25) is 0 Å². The van der Waals surface area contributed by atoms with Crippen molar-refractivity contribution in [2.45, 2.75) is 0 Å². The van der Waals surface area contributed by atoms with E-state index in [-0.39, 0.29) is 0 Å². The molecule has 0 radical (unpaired) electrons. The van der Waals surface area contributed by atoms with E-state index in [1.54, 1.807) is 0 Å². The van der Waals surface area contributed by atoms with Crippen molar-refractivity contribution in [1.29, 1.82) is 0 Å². The lowest BCUT2D eigenvalue weighted by atomic mass is 10.3. The maximum Gasteiger partial charge on any atom is 0.0406 e. The molecule has 0 aliphatic carbocycles. The van der Waals surface area contributed by atoms with Crippen molar-refractivity contribution in [3.63, 3.8) is 0 Å². The summed E-state index contributed by atoms with van der Waals surface area (Å²) in [5.74, 6) is 0. The van der Waals surface area contributed by atoms with Gasteiger partial charge >= 0.3 is 0 Å². The Kier molecular flexibility index (Phi) is 4.60. The van der Waals surface area contributed by atoms with Gasteiger partial charge < -0.3 is 0 Å². The second-order valence-electron chi connectivity index (χ2n) is 4.62. The summed E-state index contributed by atoms with van der Waals surface area (Å²) >= 11 is 12.0. The van der Waals surface area contributed by atoms with E-state index >= 15 is 0 Å². The molecule has 0 unspecified atom stereocenters. The van der Waals surface area contributed by atoms with Crippen molar-refractivity contribution < 1.29 is 0 Å². The summed E-state index contributed by atoms with van der Waals surface area (Å²) < 4.78 is 0. The van der Waals surface area contributed by atoms with Gasteiger partial charge in [0.15, 0.2) is 0 Å². The topological polar surface area (TPSA) is 0 Å². The maximum absolute atomic E-state index is 6.02. The summed E-state index contributed by atoms with van der Waals surface area (Å²) in [4.78, 5) is 0. The van der Waals surface area contributed by atoms with E-state index in [0.29, 0.717) is 0 Å². The molecule has 0 saturated heterocycles. The molecule has 104 valence electrons. The fourth-order valence-electron chi connectivity index (χ4n) is 2.20. The molecule has 0 heterocycles. The van der Waals surface area contributed by atoms with Crippen LogP contribution < -0.4 is 15.9 Å². The molecule has 3 aromatic rings. The van der Waals surface area contributed by atoms with Crippen molar-refractivity contribution in [2.24, 2.45) is 0 Å². The van der Waals surface area contributed by atoms with Crippen molar-refractivity contribution in [3.05, 3.63) is 88.9 Å². The summed E-state index contributed by atoms with van der Waals surface area (Å²) in [6.07, 6.45) is 0. The smallest absolute Gasteiger partial charge is 0.0406 e. The molecule has 0 fully saturated rings. The van der Waals surface area contributed by atoms with Crippen molar-refractivity contribution in [3.8, 4) is 0 Å². The van der Waals surface area contributed by atoms with E-state index in [2.05, 4.69) is 48.5 Å². The third-order valence-electron chi connectivity index (χ3n) is 3.18. The highest BCUT2D eigenvalue weighted by Gasteiger charge is 2.15. The van der Waals surface area contributed by atoms with Gasteiger partial charge in [-0.05, 0) is 48.1 Å². The van der Waals surface area contributed by atoms with Crippen molar-refractivity contribution >= 4 is 47.0 Å². The highest BCUT2D eigenvalue weighted by Crippen LogP contribution is 2.33. The molecule has 0 aromatic heterocycles. The zero-order valence-corrected chi connectivity index (χ0v) is 13.6. The van der Waals surface area contributed by atoms with Crippen LogP contribution in [0.25, 0.3) is 0 Å². The Labute approximate surface area is 136 Å². The summed E-state index contributed by atoms with van der Waals surface area (Å²) in [7, 11) is -0.588. The van der Waals surface area contributed by atoms with Gasteiger partial charge in [0.05, 0.1) is 0 Å². The largest absolute Gasteiger partial charge is 0.0843 e. The Morgan fingerprint density at radius 3 is 1.29 bits per heavy atom. The summed E-state index contributed by atoms with van der Waals surface area (Å²) in [5.41, 5.74) is 0. The fourth-order valence-corrected chi connectivity index (χ4v) is 4.72. The molecule has 0 atom stereocenters. The quantitative estimate of drug-likeness (QED) is 0.608. The van der Waals surface area contributed by atoms with E-state index < -0.39 is 7.92 Å². The minimum Gasteiger partial charge on any atom is -0.0843 e. The first kappa shape index (κ1) is 14.6. The van der Waals surface area contributed by atoms with E-state index in [1.165, 1.54) is 15.9 Å². The molecule has 0 aliphatic heterocycles. The standard InChI is InChI=1S/C18H13Cl2P/c19-14-6-10-17(11-7-14)21(16-4-2-1-3-5-16)18-12-8-15(20)9-13-18/h1-13H. The lowest BCUT2D eigenvalue weighted by Gasteiger charge is -2.19. The Balaban J connectivity index is 2.11. The average molecular weight is 331 g/mol. The van der Waals surface area contributed by atoms with Crippen molar-refractivity contribution in [1.82, 2.24) is 0 Å². The van der Waals surface area contributed by atoms with E-state index in [9.17, 15) is 0 Å². The number of hydrogen-bond acceptors (Lipinski definition) is 0. The molecule has 0 N–H and O–H groups in total. The lowest BCUT2D eigenvalue weighted by Crippen LogP contribution is -2.20. The van der Waals surface area contributed by atoms with Crippen LogP contribution in [0.4, 0.5) is 0 Å². The number of benzene rings is 3. The second-order valence-corrected chi connectivity index (χ2v) is 7.72. The Morgan fingerprint density at radius 2 is 0.857 bits per heavy atom. The highest BCUT2D eigenvalue weighted by atomic mass is 35.5. The van der Waals surface area contributed by atoms with Gasteiger partial charge in [-0.25, -0.2) is 0 Å². The van der Waals surface area contributed by atoms with Gasteiger partial charge in [-0.1, -0.05) is 77.8 Å². The first-order valence-electron chi connectivity index (χ1n) is 6.60. The zero-order chi connectivity index (χ0) is 14.7. The molecule has 3 aromatic carbocycles. The van der Waals surface area contributed by atoms with Gasteiger partial charge in [0.1, 0.15) is 0 Å². The molecular weight excluding hydrogens is 318 g/mol. The first-order valence-corrected chi connectivity index (χ1v) is 8.70. The normalized spacial score (nSPS) is 10.8. The molecule has 0 nitrogen and oxygen atoms in total. The van der Waals surface area contributed by atoms with Crippen LogP contribution in [-0.2, 0) is 0 Å². The van der Waals surface area contributed by atoms with E-state index in [4.69, 9.17) is 23.2 Å². The summed E-state index contributed by atoms with van der Waals surface area (Å²) in [5, 5.41) is 5.40. The second kappa shape index (κ2) is 6.62. The van der Waals surface area contributed by atoms with Gasteiger partial charge in [-0.15, -0.1) is 0 Å². The summed E-state index contributed by atoms with van der Waals surface area (Å²) in [6, 6.07) is 26.8. The van der Waals surface area contributed by atoms with Crippen LogP contribution in [0.1, 0.15) is 0 Å². The minimum absolute atomic E-state index is 0.588. The highest BCUT2D eigenvalue weighted by molar-refractivity contribution is 7.79. The minimum atomic E-state index is -0.588. The SMILES string of the molecule is Clc1ccc(P(c2ccccc2)c2ccc(Cl)cc2)cc1. The van der Waals surface area contributed by atoms with Gasteiger partial charge in [-0.3, -0.25) is 0 Å². The zero-order valence-electron chi connectivity index (χ0n) is 11.2. The third kappa shape index (κ3) is 3.47. The Hall–Kier alpha value is -1.33. The van der Waals surface area contributed by atoms with Gasteiger partial charge in [0.25, 0.3) is 0 Å². The molecule has 0 saturated carbocycles. The lowest BCUT2D eigenvalue weighted by molar-refractivity contribution is 1.73. The van der Waals surface area contributed by atoms with Crippen LogP contribution in [0.5, 0.6) is 0 Å². The average Bonchev–Trinajstić information content (AvgIpc) is 2.52. The summed E-state index contributed by atoms with van der Waals surface area (Å²) in [6.45, 7) is 0. The molecule has 21 heavy (non-hydrogen) atoms. The molecule has 0 amide bonds. The van der Waals surface area contributed by atoms with Gasteiger partial charge in [0, 0.05) is 10.0 Å². The van der Waals surface area contributed by atoms with Gasteiger partial charge in [-0.2, -0.15) is 0 Å². The number of hydrogen-bond donors (Lipinski definition) is 0. The van der Waals surface area contributed by atoms with Crippen LogP contribution >= 0.6 is 31.1 Å². The number of rotatable bonds is 3. The number of halogens is 2. The van der Waals surface area contributed by atoms with E-state index in [1.807, 2.05) is 30.3 Å². The van der Waals surface area contributed by atoms with Crippen molar-refractivity contribution in [2.75, 3.05) is 0 Å². The molecule has 3 rings (SSSR count). The predicted octanol–water partition coefficient (Wildman–Crippen LogP) is 4.75. The molecule has 0 aliphatic rings. The molecule has 0 spiro atoms. The Morgan fingerprint density at radius 1 is 0.476 bits per heavy atom. The van der Waals surface area contributed by atoms with Crippen LogP contribution in [-0.4, -0.2) is 0 Å². The Bertz CT molecular complexity index is 661. The fraction of sp³-hybridized carbons (Fsp3) is 0. The molecule has 0 bridgehead atoms. The predicted molar refractivity (Wildman–Crippen MR) is 95.2 cm³/mol. The first-order chi connectivity index (χ1) is 10.2.